The maximum absolute atomic E-state index is 11.0. The van der Waals surface area contributed by atoms with Crippen LogP contribution in [0.5, 0.6) is 0 Å². The summed E-state index contributed by atoms with van der Waals surface area (Å²) < 4.78 is 5.52. The van der Waals surface area contributed by atoms with Crippen molar-refractivity contribution >= 4 is 5.91 Å². The number of rotatable bonds is 4. The summed E-state index contributed by atoms with van der Waals surface area (Å²) in [5.74, 6) is 4.89. The zero-order chi connectivity index (χ0) is 10.4. The highest BCUT2D eigenvalue weighted by molar-refractivity contribution is 5.77. The van der Waals surface area contributed by atoms with E-state index in [1.807, 2.05) is 6.92 Å². The van der Waals surface area contributed by atoms with Crippen molar-refractivity contribution in [2.75, 3.05) is 26.2 Å². The van der Waals surface area contributed by atoms with E-state index in [9.17, 15) is 4.79 Å². The first-order valence-corrected chi connectivity index (χ1v) is 5.09. The monoisotopic (exact) mass is 201 g/mol. The van der Waals surface area contributed by atoms with E-state index in [1.54, 1.807) is 0 Å². The Balaban J connectivity index is 2.28. The highest BCUT2D eigenvalue weighted by Crippen LogP contribution is 2.12. The van der Waals surface area contributed by atoms with Gasteiger partial charge in [-0.1, -0.05) is 0 Å². The smallest absolute Gasteiger partial charge is 0.248 e. The van der Waals surface area contributed by atoms with Crippen molar-refractivity contribution in [2.24, 2.45) is 5.84 Å². The van der Waals surface area contributed by atoms with E-state index >= 15 is 0 Å². The molecule has 0 aromatic rings. The van der Waals surface area contributed by atoms with Crippen LogP contribution in [-0.2, 0) is 9.53 Å². The van der Waals surface area contributed by atoms with E-state index in [0.717, 1.165) is 32.5 Å². The van der Waals surface area contributed by atoms with Gasteiger partial charge in [-0.2, -0.15) is 0 Å². The molecule has 1 heterocycles. The van der Waals surface area contributed by atoms with Gasteiger partial charge in [0.15, 0.2) is 0 Å². The highest BCUT2D eigenvalue weighted by Gasteiger charge is 2.21. The zero-order valence-electron chi connectivity index (χ0n) is 8.66. The van der Waals surface area contributed by atoms with Crippen LogP contribution in [0.2, 0.25) is 0 Å². The predicted octanol–water partition coefficient (Wildman–Crippen LogP) is -0.523. The van der Waals surface area contributed by atoms with E-state index in [4.69, 9.17) is 10.6 Å². The number of ether oxygens (including phenoxy) is 1. The number of likely N-dealkylation sites (tertiary alicyclic amines) is 1. The van der Waals surface area contributed by atoms with Gasteiger partial charge in [0.25, 0.3) is 0 Å². The summed E-state index contributed by atoms with van der Waals surface area (Å²) in [7, 11) is 0. The van der Waals surface area contributed by atoms with Crippen molar-refractivity contribution in [3.05, 3.63) is 0 Å². The molecule has 0 saturated carbocycles. The molecule has 0 aromatic carbocycles. The minimum atomic E-state index is -0.137. The maximum atomic E-state index is 11.0. The molecule has 0 radical (unpaired) electrons. The lowest BCUT2D eigenvalue weighted by atomic mass is 10.1. The molecule has 0 aliphatic carbocycles. The first kappa shape index (κ1) is 11.4. The van der Waals surface area contributed by atoms with Gasteiger partial charge in [-0.3, -0.25) is 15.1 Å². The van der Waals surface area contributed by atoms with Crippen molar-refractivity contribution in [3.8, 4) is 0 Å². The standard InChI is InChI=1S/C9H19N3O2/c1-2-14-8-4-3-5-12(6-8)7-9(13)11-10/h8H,2-7,10H2,1H3,(H,11,13). The van der Waals surface area contributed by atoms with Crippen LogP contribution in [0.4, 0.5) is 0 Å². The minimum absolute atomic E-state index is 0.137. The van der Waals surface area contributed by atoms with Gasteiger partial charge in [0, 0.05) is 13.2 Å². The Bertz CT molecular complexity index is 185. The molecule has 1 aliphatic heterocycles. The molecule has 3 N–H and O–H groups in total. The first-order chi connectivity index (χ1) is 6.76. The van der Waals surface area contributed by atoms with Crippen LogP contribution in [-0.4, -0.2) is 43.2 Å². The molecule has 1 saturated heterocycles. The summed E-state index contributed by atoms with van der Waals surface area (Å²) in [6, 6.07) is 0. The summed E-state index contributed by atoms with van der Waals surface area (Å²) >= 11 is 0. The van der Waals surface area contributed by atoms with Crippen molar-refractivity contribution in [1.29, 1.82) is 0 Å². The number of hydrogen-bond acceptors (Lipinski definition) is 4. The van der Waals surface area contributed by atoms with Crippen molar-refractivity contribution in [3.63, 3.8) is 0 Å². The molecule has 0 bridgehead atoms. The van der Waals surface area contributed by atoms with Crippen molar-refractivity contribution in [2.45, 2.75) is 25.9 Å². The van der Waals surface area contributed by atoms with Gasteiger partial charge in [0.2, 0.25) is 5.91 Å². The zero-order valence-corrected chi connectivity index (χ0v) is 8.66. The predicted molar refractivity (Wildman–Crippen MR) is 53.4 cm³/mol. The fourth-order valence-corrected chi connectivity index (χ4v) is 1.78. The molecule has 0 spiro atoms. The molecular weight excluding hydrogens is 182 g/mol. The summed E-state index contributed by atoms with van der Waals surface area (Å²) in [5, 5.41) is 0. The van der Waals surface area contributed by atoms with Gasteiger partial charge in [0.1, 0.15) is 0 Å². The third kappa shape index (κ3) is 3.61. The number of nitrogens with one attached hydrogen (secondary N) is 1. The molecule has 0 aromatic heterocycles. The van der Waals surface area contributed by atoms with Gasteiger partial charge in [0.05, 0.1) is 12.6 Å². The molecule has 1 rings (SSSR count). The Morgan fingerprint density at radius 3 is 3.14 bits per heavy atom. The Morgan fingerprint density at radius 1 is 1.71 bits per heavy atom. The van der Waals surface area contributed by atoms with E-state index < -0.39 is 0 Å². The van der Waals surface area contributed by atoms with E-state index in [-0.39, 0.29) is 12.0 Å². The Kier molecular flexibility index (Phi) is 4.86. The molecular formula is C9H19N3O2. The normalized spacial score (nSPS) is 23.4. The number of hydrogen-bond donors (Lipinski definition) is 2. The lowest BCUT2D eigenvalue weighted by Gasteiger charge is -2.31. The number of hydrazine groups is 1. The summed E-state index contributed by atoms with van der Waals surface area (Å²) in [6.45, 7) is 4.89. The first-order valence-electron chi connectivity index (χ1n) is 5.09. The van der Waals surface area contributed by atoms with Crippen molar-refractivity contribution in [1.82, 2.24) is 10.3 Å². The number of nitrogens with two attached hydrogens (primary N) is 1. The Hall–Kier alpha value is -0.650. The second kappa shape index (κ2) is 5.95. The quantitative estimate of drug-likeness (QED) is 0.365. The second-order valence-corrected chi connectivity index (χ2v) is 3.52. The topological polar surface area (TPSA) is 67.6 Å². The third-order valence-electron chi connectivity index (χ3n) is 2.39. The molecule has 1 amide bonds. The molecule has 1 aliphatic rings. The fourth-order valence-electron chi connectivity index (χ4n) is 1.78. The van der Waals surface area contributed by atoms with Gasteiger partial charge >= 0.3 is 0 Å². The lowest BCUT2D eigenvalue weighted by molar-refractivity contribution is -0.123. The number of carbonyl (C=O) groups is 1. The van der Waals surface area contributed by atoms with Crippen LogP contribution in [0, 0.1) is 0 Å². The molecule has 5 nitrogen and oxygen atoms in total. The summed E-state index contributed by atoms with van der Waals surface area (Å²) in [4.78, 5) is 13.1. The van der Waals surface area contributed by atoms with Gasteiger partial charge in [-0.05, 0) is 26.3 Å². The molecule has 1 unspecified atom stereocenters. The van der Waals surface area contributed by atoms with Gasteiger partial charge in [-0.25, -0.2) is 5.84 Å². The molecule has 14 heavy (non-hydrogen) atoms. The third-order valence-corrected chi connectivity index (χ3v) is 2.39. The summed E-state index contributed by atoms with van der Waals surface area (Å²) in [6.07, 6.45) is 2.45. The second-order valence-electron chi connectivity index (χ2n) is 3.52. The number of nitrogens with zero attached hydrogens (tertiary/aromatic N) is 1. The Labute approximate surface area is 84.5 Å². The highest BCUT2D eigenvalue weighted by atomic mass is 16.5. The average Bonchev–Trinajstić information content (AvgIpc) is 2.19. The molecule has 82 valence electrons. The number of piperidine rings is 1. The van der Waals surface area contributed by atoms with E-state index in [2.05, 4.69) is 10.3 Å². The van der Waals surface area contributed by atoms with Crippen LogP contribution in [0.3, 0.4) is 0 Å². The molecule has 1 atom stereocenters. The van der Waals surface area contributed by atoms with E-state index in [1.165, 1.54) is 0 Å². The molecule has 5 heteroatoms. The van der Waals surface area contributed by atoms with Gasteiger partial charge < -0.3 is 4.74 Å². The SMILES string of the molecule is CCOC1CCCN(CC(=O)NN)C1. The van der Waals surface area contributed by atoms with Crippen LogP contribution in [0.15, 0.2) is 0 Å². The lowest BCUT2D eigenvalue weighted by Crippen LogP contribution is -2.46. The number of carbonyl (C=O) groups excluding carboxylic acids is 1. The van der Waals surface area contributed by atoms with E-state index in [0.29, 0.717) is 6.54 Å². The summed E-state index contributed by atoms with van der Waals surface area (Å²) in [5.41, 5.74) is 2.14. The average molecular weight is 201 g/mol. The van der Waals surface area contributed by atoms with Crippen LogP contribution in [0.1, 0.15) is 19.8 Å². The largest absolute Gasteiger partial charge is 0.377 e. The van der Waals surface area contributed by atoms with Crippen LogP contribution >= 0.6 is 0 Å². The number of amides is 1. The Morgan fingerprint density at radius 2 is 2.50 bits per heavy atom. The van der Waals surface area contributed by atoms with Crippen LogP contribution in [0.25, 0.3) is 0 Å². The van der Waals surface area contributed by atoms with Crippen LogP contribution < -0.4 is 11.3 Å². The van der Waals surface area contributed by atoms with Gasteiger partial charge in [-0.15, -0.1) is 0 Å². The fraction of sp³-hybridized carbons (Fsp3) is 0.889. The van der Waals surface area contributed by atoms with Crippen molar-refractivity contribution < 1.29 is 9.53 Å². The minimum Gasteiger partial charge on any atom is -0.377 e. The molecule has 1 fully saturated rings. The maximum Gasteiger partial charge on any atom is 0.248 e.